The second-order valence-corrected chi connectivity index (χ2v) is 4.90. The van der Waals surface area contributed by atoms with E-state index in [-0.39, 0.29) is 23.9 Å². The molecule has 0 aliphatic carbocycles. The summed E-state index contributed by atoms with van der Waals surface area (Å²) in [5, 5.41) is 2.54. The van der Waals surface area contributed by atoms with Gasteiger partial charge >= 0.3 is 6.18 Å². The maximum Gasteiger partial charge on any atom is 0.416 e. The molecule has 1 unspecified atom stereocenters. The number of alkyl halides is 3. The second kappa shape index (κ2) is 5.75. The van der Waals surface area contributed by atoms with Gasteiger partial charge in [0.25, 0.3) is 0 Å². The minimum atomic E-state index is -4.40. The lowest BCUT2D eigenvalue weighted by atomic mass is 10.1. The summed E-state index contributed by atoms with van der Waals surface area (Å²) in [5.74, 6) is -0.885. The van der Waals surface area contributed by atoms with Gasteiger partial charge in [0.15, 0.2) is 0 Å². The zero-order chi connectivity index (χ0) is 15.6. The van der Waals surface area contributed by atoms with Gasteiger partial charge in [-0.1, -0.05) is 0 Å². The molecule has 21 heavy (non-hydrogen) atoms. The number of nitrogens with zero attached hydrogens (tertiary/aromatic N) is 1. The number of carbonyl (C=O) groups excluding carboxylic acids is 2. The van der Waals surface area contributed by atoms with E-state index < -0.39 is 17.7 Å². The molecule has 2 rings (SSSR count). The predicted molar refractivity (Wildman–Crippen MR) is 70.4 cm³/mol. The number of nitrogens with one attached hydrogen (secondary N) is 1. The van der Waals surface area contributed by atoms with Gasteiger partial charge in [0, 0.05) is 25.2 Å². The van der Waals surface area contributed by atoms with Gasteiger partial charge < -0.3 is 10.2 Å². The maximum atomic E-state index is 12.4. The van der Waals surface area contributed by atoms with Crippen LogP contribution in [0.15, 0.2) is 24.3 Å². The van der Waals surface area contributed by atoms with E-state index in [1.807, 2.05) is 6.92 Å². The standard InChI is InChI=1S/C14H15F3N2O2/c1-2-19-8-9(7-12(19)20)13(21)18-11-5-3-10(4-6-11)14(15,16)17/h3-6,9H,2,7-8H2,1H3,(H,18,21). The van der Waals surface area contributed by atoms with Crippen LogP contribution < -0.4 is 5.32 Å². The number of hydrogen-bond donors (Lipinski definition) is 1. The van der Waals surface area contributed by atoms with Crippen molar-refractivity contribution in [1.29, 1.82) is 0 Å². The third-order valence-electron chi connectivity index (χ3n) is 3.45. The Morgan fingerprint density at radius 2 is 1.95 bits per heavy atom. The summed E-state index contributed by atoms with van der Waals surface area (Å²) >= 11 is 0. The number of amides is 2. The van der Waals surface area contributed by atoms with Crippen LogP contribution in [0.25, 0.3) is 0 Å². The largest absolute Gasteiger partial charge is 0.416 e. The van der Waals surface area contributed by atoms with Crippen molar-refractivity contribution in [1.82, 2.24) is 4.90 Å². The van der Waals surface area contributed by atoms with Crippen LogP contribution in [0, 0.1) is 5.92 Å². The minimum Gasteiger partial charge on any atom is -0.342 e. The fourth-order valence-corrected chi connectivity index (χ4v) is 2.24. The molecule has 1 aromatic rings. The Labute approximate surface area is 119 Å². The van der Waals surface area contributed by atoms with Crippen LogP contribution >= 0.6 is 0 Å². The molecular formula is C14H15F3N2O2. The van der Waals surface area contributed by atoms with E-state index in [0.717, 1.165) is 12.1 Å². The zero-order valence-electron chi connectivity index (χ0n) is 11.4. The lowest BCUT2D eigenvalue weighted by molar-refractivity contribution is -0.137. The number of rotatable bonds is 3. The number of halogens is 3. The molecule has 2 amide bonds. The fourth-order valence-electron chi connectivity index (χ4n) is 2.24. The van der Waals surface area contributed by atoms with Crippen molar-refractivity contribution < 1.29 is 22.8 Å². The van der Waals surface area contributed by atoms with E-state index in [1.165, 1.54) is 12.1 Å². The molecule has 1 aliphatic rings. The minimum absolute atomic E-state index is 0.0786. The maximum absolute atomic E-state index is 12.4. The number of likely N-dealkylation sites (tertiary alicyclic amines) is 1. The predicted octanol–water partition coefficient (Wildman–Crippen LogP) is 2.51. The number of hydrogen-bond acceptors (Lipinski definition) is 2. The normalized spacial score (nSPS) is 19.0. The van der Waals surface area contributed by atoms with E-state index in [2.05, 4.69) is 5.32 Å². The summed E-state index contributed by atoms with van der Waals surface area (Å²) in [5.41, 5.74) is -0.482. The lowest BCUT2D eigenvalue weighted by Crippen LogP contribution is -2.28. The highest BCUT2D eigenvalue weighted by molar-refractivity contribution is 5.97. The molecule has 1 heterocycles. The third-order valence-corrected chi connectivity index (χ3v) is 3.45. The molecule has 4 nitrogen and oxygen atoms in total. The highest BCUT2D eigenvalue weighted by atomic mass is 19.4. The first kappa shape index (κ1) is 15.3. The van der Waals surface area contributed by atoms with E-state index in [9.17, 15) is 22.8 Å². The van der Waals surface area contributed by atoms with Gasteiger partial charge in [0.05, 0.1) is 11.5 Å². The molecule has 1 atom stereocenters. The Kier molecular flexibility index (Phi) is 4.20. The third kappa shape index (κ3) is 3.53. The molecule has 1 aromatic carbocycles. The Hall–Kier alpha value is -2.05. The average Bonchev–Trinajstić information content (AvgIpc) is 2.79. The Morgan fingerprint density at radius 3 is 2.43 bits per heavy atom. The molecular weight excluding hydrogens is 285 g/mol. The van der Waals surface area contributed by atoms with Crippen molar-refractivity contribution in [2.24, 2.45) is 5.92 Å². The van der Waals surface area contributed by atoms with Crippen LogP contribution in [0.4, 0.5) is 18.9 Å². The number of benzene rings is 1. The van der Waals surface area contributed by atoms with Crippen LogP contribution in [-0.2, 0) is 15.8 Å². The average molecular weight is 300 g/mol. The monoisotopic (exact) mass is 300 g/mol. The highest BCUT2D eigenvalue weighted by Gasteiger charge is 2.33. The topological polar surface area (TPSA) is 49.4 Å². The molecule has 0 saturated carbocycles. The van der Waals surface area contributed by atoms with Crippen molar-refractivity contribution in [2.45, 2.75) is 19.5 Å². The fraction of sp³-hybridized carbons (Fsp3) is 0.429. The first-order valence-electron chi connectivity index (χ1n) is 6.57. The van der Waals surface area contributed by atoms with Crippen molar-refractivity contribution in [3.8, 4) is 0 Å². The molecule has 7 heteroatoms. The van der Waals surface area contributed by atoms with E-state index in [1.54, 1.807) is 4.90 Å². The van der Waals surface area contributed by atoms with E-state index in [0.29, 0.717) is 13.1 Å². The molecule has 114 valence electrons. The zero-order valence-corrected chi connectivity index (χ0v) is 11.4. The van der Waals surface area contributed by atoms with Crippen LogP contribution in [0.3, 0.4) is 0 Å². The summed E-state index contributed by atoms with van der Waals surface area (Å²) in [6.45, 7) is 2.72. The Bertz CT molecular complexity index is 540. The van der Waals surface area contributed by atoms with Gasteiger partial charge in [-0.15, -0.1) is 0 Å². The Morgan fingerprint density at radius 1 is 1.33 bits per heavy atom. The Balaban J connectivity index is 1.99. The van der Waals surface area contributed by atoms with Crippen molar-refractivity contribution >= 4 is 17.5 Å². The molecule has 1 fully saturated rings. The van der Waals surface area contributed by atoms with Gasteiger partial charge in [-0.25, -0.2) is 0 Å². The van der Waals surface area contributed by atoms with Gasteiger partial charge in [-0.2, -0.15) is 13.2 Å². The summed E-state index contributed by atoms with van der Waals surface area (Å²) in [7, 11) is 0. The molecule has 0 bridgehead atoms. The summed E-state index contributed by atoms with van der Waals surface area (Å²) < 4.78 is 37.3. The summed E-state index contributed by atoms with van der Waals surface area (Å²) in [4.78, 5) is 25.1. The molecule has 1 saturated heterocycles. The number of carbonyl (C=O) groups is 2. The van der Waals surface area contributed by atoms with Crippen molar-refractivity contribution in [2.75, 3.05) is 18.4 Å². The van der Waals surface area contributed by atoms with Crippen LogP contribution in [0.5, 0.6) is 0 Å². The molecule has 0 spiro atoms. The first-order chi connectivity index (χ1) is 9.81. The first-order valence-corrected chi connectivity index (χ1v) is 6.57. The summed E-state index contributed by atoms with van der Waals surface area (Å²) in [6.07, 6.45) is -4.26. The van der Waals surface area contributed by atoms with Gasteiger partial charge in [-0.05, 0) is 31.2 Å². The van der Waals surface area contributed by atoms with Crippen LogP contribution in [0.1, 0.15) is 18.9 Å². The molecule has 1 aliphatic heterocycles. The van der Waals surface area contributed by atoms with Crippen LogP contribution in [0.2, 0.25) is 0 Å². The van der Waals surface area contributed by atoms with Crippen molar-refractivity contribution in [3.63, 3.8) is 0 Å². The quantitative estimate of drug-likeness (QED) is 0.932. The van der Waals surface area contributed by atoms with Gasteiger partial charge in [-0.3, -0.25) is 9.59 Å². The van der Waals surface area contributed by atoms with Gasteiger partial charge in [0.1, 0.15) is 0 Å². The SMILES string of the molecule is CCN1CC(C(=O)Nc2ccc(C(F)(F)F)cc2)CC1=O. The van der Waals surface area contributed by atoms with Crippen LogP contribution in [-0.4, -0.2) is 29.8 Å². The summed E-state index contributed by atoms with van der Waals surface area (Å²) in [6, 6.07) is 4.23. The molecule has 1 N–H and O–H groups in total. The smallest absolute Gasteiger partial charge is 0.342 e. The van der Waals surface area contributed by atoms with E-state index in [4.69, 9.17) is 0 Å². The van der Waals surface area contributed by atoms with Crippen molar-refractivity contribution in [3.05, 3.63) is 29.8 Å². The molecule has 0 aromatic heterocycles. The van der Waals surface area contributed by atoms with E-state index >= 15 is 0 Å². The lowest BCUT2D eigenvalue weighted by Gasteiger charge is -2.14. The van der Waals surface area contributed by atoms with Gasteiger partial charge in [0.2, 0.25) is 11.8 Å². The second-order valence-electron chi connectivity index (χ2n) is 4.90. The molecule has 0 radical (unpaired) electrons. The number of anilines is 1. The highest BCUT2D eigenvalue weighted by Crippen LogP contribution is 2.30.